The molecule has 0 fully saturated rings. The first-order chi connectivity index (χ1) is 13.3. The molecule has 162 valence electrons. The van der Waals surface area contributed by atoms with E-state index in [4.69, 9.17) is 5.11 Å². The van der Waals surface area contributed by atoms with Gasteiger partial charge in [0.25, 0.3) is 0 Å². The van der Waals surface area contributed by atoms with Crippen LogP contribution in [0.3, 0.4) is 0 Å². The van der Waals surface area contributed by atoms with Crippen LogP contribution in [0.1, 0.15) is 135 Å². The molecule has 0 rings (SSSR count). The van der Waals surface area contributed by atoms with Crippen LogP contribution in [-0.4, -0.2) is 24.2 Å². The van der Waals surface area contributed by atoms with Gasteiger partial charge in [-0.25, -0.2) is 0 Å². The summed E-state index contributed by atoms with van der Waals surface area (Å²) in [4.78, 5) is 10.3. The van der Waals surface area contributed by atoms with Crippen molar-refractivity contribution in [2.75, 3.05) is 13.1 Å². The van der Waals surface area contributed by atoms with Crippen molar-refractivity contribution in [2.24, 2.45) is 0 Å². The number of carboxylic acid groups (broad SMARTS) is 1. The highest BCUT2D eigenvalue weighted by Crippen LogP contribution is 2.14. The summed E-state index contributed by atoms with van der Waals surface area (Å²) in [6, 6.07) is 0. The lowest BCUT2D eigenvalue weighted by Gasteiger charge is -2.04. The van der Waals surface area contributed by atoms with Crippen LogP contribution < -0.4 is 5.32 Å². The minimum absolute atomic E-state index is 0.0964. The summed E-state index contributed by atoms with van der Waals surface area (Å²) in [6.45, 7) is 3.22. The fraction of sp³-hybridized carbons (Fsp3) is 0.958. The lowest BCUT2D eigenvalue weighted by atomic mass is 10.0. The van der Waals surface area contributed by atoms with Crippen LogP contribution in [-0.2, 0) is 4.79 Å². The first kappa shape index (κ1) is 26.4. The summed E-state index contributed by atoms with van der Waals surface area (Å²) >= 11 is 0. The highest BCUT2D eigenvalue weighted by atomic mass is 16.4. The van der Waals surface area contributed by atoms with Crippen LogP contribution >= 0.6 is 0 Å². The van der Waals surface area contributed by atoms with E-state index in [1.807, 2.05) is 0 Å². The van der Waals surface area contributed by atoms with E-state index in [1.165, 1.54) is 122 Å². The molecule has 3 nitrogen and oxygen atoms in total. The molecule has 0 saturated carbocycles. The molecule has 0 aliphatic heterocycles. The van der Waals surface area contributed by atoms with E-state index in [-0.39, 0.29) is 6.54 Å². The number of carbonyl (C=O) groups is 1. The molecule has 0 bridgehead atoms. The zero-order chi connectivity index (χ0) is 19.8. The SMILES string of the molecule is CCCCCCCCCCCCCCCCCCCCCCNCC(=O)O. The minimum atomic E-state index is -0.761. The molecule has 3 heteroatoms. The second kappa shape index (κ2) is 23.5. The Balaban J connectivity index is 2.98. The summed E-state index contributed by atoms with van der Waals surface area (Å²) in [5.74, 6) is -0.761. The molecule has 27 heavy (non-hydrogen) atoms. The van der Waals surface area contributed by atoms with Crippen LogP contribution in [0.15, 0.2) is 0 Å². The zero-order valence-electron chi connectivity index (χ0n) is 18.4. The number of hydrogen-bond acceptors (Lipinski definition) is 2. The Morgan fingerprint density at radius 3 is 1.15 bits per heavy atom. The largest absolute Gasteiger partial charge is 0.480 e. The van der Waals surface area contributed by atoms with Crippen molar-refractivity contribution >= 4 is 5.97 Å². The topological polar surface area (TPSA) is 49.3 Å². The highest BCUT2D eigenvalue weighted by Gasteiger charge is 1.96. The van der Waals surface area contributed by atoms with Gasteiger partial charge in [0, 0.05) is 0 Å². The molecule has 0 aliphatic carbocycles. The molecule has 0 radical (unpaired) electrons. The van der Waals surface area contributed by atoms with E-state index in [0.29, 0.717) is 0 Å². The van der Waals surface area contributed by atoms with Crippen molar-refractivity contribution < 1.29 is 9.90 Å². The van der Waals surface area contributed by atoms with Crippen molar-refractivity contribution in [3.63, 3.8) is 0 Å². The van der Waals surface area contributed by atoms with Gasteiger partial charge in [-0.05, 0) is 13.0 Å². The summed E-state index contributed by atoms with van der Waals surface area (Å²) in [6.07, 6.45) is 27.9. The Hall–Kier alpha value is -0.570. The van der Waals surface area contributed by atoms with E-state index in [1.54, 1.807) is 0 Å². The Labute approximate surface area is 170 Å². The first-order valence-electron chi connectivity index (χ1n) is 12.2. The quantitative estimate of drug-likeness (QED) is 0.180. The maximum Gasteiger partial charge on any atom is 0.317 e. The number of rotatable bonds is 23. The molecule has 0 spiro atoms. The van der Waals surface area contributed by atoms with Crippen molar-refractivity contribution in [3.05, 3.63) is 0 Å². The van der Waals surface area contributed by atoms with E-state index in [2.05, 4.69) is 12.2 Å². The van der Waals surface area contributed by atoms with Crippen molar-refractivity contribution in [1.82, 2.24) is 5.32 Å². The highest BCUT2D eigenvalue weighted by molar-refractivity contribution is 5.68. The van der Waals surface area contributed by atoms with Crippen LogP contribution in [0.4, 0.5) is 0 Å². The Morgan fingerprint density at radius 2 is 0.852 bits per heavy atom. The molecule has 0 aromatic heterocycles. The number of unbranched alkanes of at least 4 members (excludes halogenated alkanes) is 19. The number of hydrogen-bond donors (Lipinski definition) is 2. The fourth-order valence-corrected chi connectivity index (χ4v) is 3.70. The van der Waals surface area contributed by atoms with Gasteiger partial charge in [0.2, 0.25) is 0 Å². The zero-order valence-corrected chi connectivity index (χ0v) is 18.4. The first-order valence-corrected chi connectivity index (χ1v) is 12.2. The number of carboxylic acids is 1. The maximum atomic E-state index is 10.3. The molecule has 0 saturated heterocycles. The van der Waals surface area contributed by atoms with Gasteiger partial charge in [-0.2, -0.15) is 0 Å². The molecule has 0 aromatic carbocycles. The number of nitrogens with one attached hydrogen (secondary N) is 1. The maximum absolute atomic E-state index is 10.3. The fourth-order valence-electron chi connectivity index (χ4n) is 3.70. The molecule has 0 amide bonds. The standard InChI is InChI=1S/C24H49NO2/c1-2-3-4-5-6-7-8-9-10-11-12-13-14-15-16-17-18-19-20-21-22-25-23-24(26)27/h25H,2-23H2,1H3,(H,26,27). The summed E-state index contributed by atoms with van der Waals surface area (Å²) in [5.41, 5.74) is 0. The lowest BCUT2D eigenvalue weighted by molar-refractivity contribution is -0.135. The average molecular weight is 384 g/mol. The lowest BCUT2D eigenvalue weighted by Crippen LogP contribution is -2.23. The smallest absolute Gasteiger partial charge is 0.317 e. The van der Waals surface area contributed by atoms with Gasteiger partial charge >= 0.3 is 5.97 Å². The third-order valence-electron chi connectivity index (χ3n) is 5.48. The summed E-state index contributed by atoms with van der Waals surface area (Å²) < 4.78 is 0. The monoisotopic (exact) mass is 383 g/mol. The van der Waals surface area contributed by atoms with E-state index in [0.717, 1.165) is 13.0 Å². The predicted octanol–water partition coefficient (Wildman–Crippen LogP) is 7.48. The van der Waals surface area contributed by atoms with Gasteiger partial charge in [0.05, 0.1) is 6.54 Å². The van der Waals surface area contributed by atoms with Crippen molar-refractivity contribution in [3.8, 4) is 0 Å². The molecular weight excluding hydrogens is 334 g/mol. The van der Waals surface area contributed by atoms with Gasteiger partial charge < -0.3 is 10.4 Å². The molecule has 0 atom stereocenters. The summed E-state index contributed by atoms with van der Waals surface area (Å²) in [5, 5.41) is 11.5. The minimum Gasteiger partial charge on any atom is -0.480 e. The third-order valence-corrected chi connectivity index (χ3v) is 5.48. The van der Waals surface area contributed by atoms with E-state index in [9.17, 15) is 4.79 Å². The Morgan fingerprint density at radius 1 is 0.556 bits per heavy atom. The molecular formula is C24H49NO2. The second-order valence-electron chi connectivity index (χ2n) is 8.29. The molecule has 0 aliphatic rings. The van der Waals surface area contributed by atoms with Gasteiger partial charge in [0.1, 0.15) is 0 Å². The molecule has 0 aromatic rings. The van der Waals surface area contributed by atoms with Gasteiger partial charge in [-0.15, -0.1) is 0 Å². The summed E-state index contributed by atoms with van der Waals surface area (Å²) in [7, 11) is 0. The van der Waals surface area contributed by atoms with Crippen LogP contribution in [0.25, 0.3) is 0 Å². The average Bonchev–Trinajstić information content (AvgIpc) is 2.65. The van der Waals surface area contributed by atoms with Crippen molar-refractivity contribution in [2.45, 2.75) is 135 Å². The Kier molecular flexibility index (Phi) is 23.0. The van der Waals surface area contributed by atoms with Gasteiger partial charge in [-0.3, -0.25) is 4.79 Å². The normalized spacial score (nSPS) is 11.1. The number of aliphatic carboxylic acids is 1. The van der Waals surface area contributed by atoms with E-state index < -0.39 is 5.97 Å². The second-order valence-corrected chi connectivity index (χ2v) is 8.29. The Bertz CT molecular complexity index is 294. The van der Waals surface area contributed by atoms with Crippen LogP contribution in [0.5, 0.6) is 0 Å². The van der Waals surface area contributed by atoms with Crippen LogP contribution in [0, 0.1) is 0 Å². The van der Waals surface area contributed by atoms with Crippen LogP contribution in [0.2, 0.25) is 0 Å². The predicted molar refractivity (Wildman–Crippen MR) is 119 cm³/mol. The molecule has 0 unspecified atom stereocenters. The molecule has 0 heterocycles. The third kappa shape index (κ3) is 25.4. The van der Waals surface area contributed by atoms with Crippen molar-refractivity contribution in [1.29, 1.82) is 0 Å². The van der Waals surface area contributed by atoms with E-state index >= 15 is 0 Å². The van der Waals surface area contributed by atoms with Gasteiger partial charge in [-0.1, -0.05) is 129 Å². The van der Waals surface area contributed by atoms with Gasteiger partial charge in [0.15, 0.2) is 0 Å². The molecule has 2 N–H and O–H groups in total.